The molecule has 3 aromatic rings. The van der Waals surface area contributed by atoms with Gasteiger partial charge in [0.05, 0.1) is 30.7 Å². The molecule has 0 radical (unpaired) electrons. The minimum Gasteiger partial charge on any atom is -0.494 e. The molecule has 0 saturated carbocycles. The van der Waals surface area contributed by atoms with Gasteiger partial charge in [-0.1, -0.05) is 25.5 Å². The molecule has 2 heterocycles. The predicted octanol–water partition coefficient (Wildman–Crippen LogP) is 5.51. The van der Waals surface area contributed by atoms with E-state index in [2.05, 4.69) is 22.1 Å². The maximum absolute atomic E-state index is 12.7. The minimum absolute atomic E-state index is 0.204. The molecule has 4 rings (SSSR count). The Balaban J connectivity index is 1.24. The van der Waals surface area contributed by atoms with E-state index in [4.69, 9.17) is 14.6 Å². The van der Waals surface area contributed by atoms with Gasteiger partial charge < -0.3 is 24.8 Å². The zero-order chi connectivity index (χ0) is 26.0. The fraction of sp³-hybridized carbons (Fsp3) is 0.345. The highest BCUT2D eigenvalue weighted by Crippen LogP contribution is 2.24. The first kappa shape index (κ1) is 26.0. The second-order valence-corrected chi connectivity index (χ2v) is 9.16. The van der Waals surface area contributed by atoms with E-state index in [1.807, 2.05) is 24.3 Å². The van der Waals surface area contributed by atoms with Crippen LogP contribution in [0, 0.1) is 5.92 Å². The van der Waals surface area contributed by atoms with Gasteiger partial charge >= 0.3 is 5.97 Å². The number of carbonyl (C=O) groups is 2. The SMILES string of the molecule is CCCCOc1cccc(C(=O)Nc2ccc(N3CCC(COc4cccc(C(=O)O)c4)CC3)nc2)c1. The van der Waals surface area contributed by atoms with Crippen LogP contribution in [0.15, 0.2) is 66.9 Å². The molecule has 0 spiro atoms. The minimum atomic E-state index is -0.960. The number of carboxylic acid groups (broad SMARTS) is 1. The smallest absolute Gasteiger partial charge is 0.335 e. The van der Waals surface area contributed by atoms with Crippen molar-refractivity contribution in [2.24, 2.45) is 5.92 Å². The molecule has 8 heteroatoms. The van der Waals surface area contributed by atoms with Gasteiger partial charge in [0.25, 0.3) is 5.91 Å². The van der Waals surface area contributed by atoms with E-state index < -0.39 is 5.97 Å². The van der Waals surface area contributed by atoms with Gasteiger partial charge in [-0.15, -0.1) is 0 Å². The first-order valence-electron chi connectivity index (χ1n) is 12.7. The van der Waals surface area contributed by atoms with Crippen molar-refractivity contribution in [3.05, 3.63) is 78.0 Å². The summed E-state index contributed by atoms with van der Waals surface area (Å²) < 4.78 is 11.6. The number of anilines is 2. The van der Waals surface area contributed by atoms with Crippen LogP contribution in [0.3, 0.4) is 0 Å². The summed E-state index contributed by atoms with van der Waals surface area (Å²) in [6.45, 7) is 5.01. The number of aromatic carboxylic acids is 1. The number of hydrogen-bond acceptors (Lipinski definition) is 6. The molecule has 8 nitrogen and oxygen atoms in total. The van der Waals surface area contributed by atoms with Crippen molar-refractivity contribution >= 4 is 23.4 Å². The van der Waals surface area contributed by atoms with Crippen molar-refractivity contribution in [1.82, 2.24) is 4.98 Å². The number of aromatic nitrogens is 1. The van der Waals surface area contributed by atoms with Crippen LogP contribution in [0.4, 0.5) is 11.5 Å². The van der Waals surface area contributed by atoms with E-state index >= 15 is 0 Å². The third-order valence-corrected chi connectivity index (χ3v) is 6.37. The Labute approximate surface area is 217 Å². The molecule has 2 aromatic carbocycles. The predicted molar refractivity (Wildman–Crippen MR) is 143 cm³/mol. The summed E-state index contributed by atoms with van der Waals surface area (Å²) >= 11 is 0. The molecule has 0 aliphatic carbocycles. The van der Waals surface area contributed by atoms with Crippen LogP contribution in [0.2, 0.25) is 0 Å². The third-order valence-electron chi connectivity index (χ3n) is 6.37. The van der Waals surface area contributed by atoms with Gasteiger partial charge in [0.15, 0.2) is 0 Å². The number of hydrogen-bond donors (Lipinski definition) is 2. The number of ether oxygens (including phenoxy) is 2. The summed E-state index contributed by atoms with van der Waals surface area (Å²) in [7, 11) is 0. The number of amides is 1. The topological polar surface area (TPSA) is 101 Å². The Kier molecular flexibility index (Phi) is 8.97. The van der Waals surface area contributed by atoms with Gasteiger partial charge in [0, 0.05) is 18.7 Å². The zero-order valence-corrected chi connectivity index (χ0v) is 21.1. The van der Waals surface area contributed by atoms with Gasteiger partial charge in [-0.2, -0.15) is 0 Å². The molecular weight excluding hydrogens is 470 g/mol. The van der Waals surface area contributed by atoms with Gasteiger partial charge in [-0.25, -0.2) is 9.78 Å². The van der Waals surface area contributed by atoms with Crippen molar-refractivity contribution < 1.29 is 24.2 Å². The lowest BCUT2D eigenvalue weighted by atomic mass is 9.98. The second-order valence-electron chi connectivity index (χ2n) is 9.16. The summed E-state index contributed by atoms with van der Waals surface area (Å²) in [6.07, 6.45) is 5.62. The fourth-order valence-corrected chi connectivity index (χ4v) is 4.17. The van der Waals surface area contributed by atoms with E-state index in [0.29, 0.717) is 41.9 Å². The molecule has 1 saturated heterocycles. The summed E-state index contributed by atoms with van der Waals surface area (Å²) in [5.41, 5.74) is 1.40. The van der Waals surface area contributed by atoms with Crippen molar-refractivity contribution in [1.29, 1.82) is 0 Å². The number of carboxylic acids is 1. The lowest BCUT2D eigenvalue weighted by molar-refractivity contribution is 0.0696. The molecule has 1 aromatic heterocycles. The van der Waals surface area contributed by atoms with Gasteiger partial charge in [0.2, 0.25) is 0 Å². The molecule has 37 heavy (non-hydrogen) atoms. The number of pyridine rings is 1. The van der Waals surface area contributed by atoms with Crippen LogP contribution in [0.25, 0.3) is 0 Å². The fourth-order valence-electron chi connectivity index (χ4n) is 4.17. The Bertz CT molecular complexity index is 1190. The largest absolute Gasteiger partial charge is 0.494 e. The molecule has 1 aliphatic heterocycles. The number of unbranched alkanes of at least 4 members (excludes halogenated alkanes) is 1. The third kappa shape index (κ3) is 7.46. The van der Waals surface area contributed by atoms with E-state index in [-0.39, 0.29) is 11.5 Å². The lowest BCUT2D eigenvalue weighted by Crippen LogP contribution is -2.36. The standard InChI is InChI=1S/C29H33N3O5/c1-2-3-16-36-25-8-4-6-22(17-25)28(33)31-24-10-11-27(30-19-24)32-14-12-21(13-15-32)20-37-26-9-5-7-23(18-26)29(34)35/h4-11,17-19,21H,2-3,12-16,20H2,1H3,(H,31,33)(H,34,35). The summed E-state index contributed by atoms with van der Waals surface area (Å²) in [6, 6.07) is 17.6. The Morgan fingerprint density at radius 1 is 1.00 bits per heavy atom. The van der Waals surface area contributed by atoms with Crippen molar-refractivity contribution in [2.75, 3.05) is 36.5 Å². The average molecular weight is 504 g/mol. The number of carbonyl (C=O) groups excluding carboxylic acids is 1. The molecule has 194 valence electrons. The average Bonchev–Trinajstić information content (AvgIpc) is 2.93. The molecule has 2 N–H and O–H groups in total. The molecule has 1 amide bonds. The molecule has 0 bridgehead atoms. The van der Waals surface area contributed by atoms with Gasteiger partial charge in [0.1, 0.15) is 17.3 Å². The van der Waals surface area contributed by atoms with Crippen LogP contribution in [-0.4, -0.2) is 48.3 Å². The molecular formula is C29H33N3O5. The first-order valence-corrected chi connectivity index (χ1v) is 12.7. The lowest BCUT2D eigenvalue weighted by Gasteiger charge is -2.32. The number of rotatable bonds is 11. The van der Waals surface area contributed by atoms with Crippen LogP contribution < -0.4 is 19.7 Å². The monoisotopic (exact) mass is 503 g/mol. The molecule has 0 atom stereocenters. The van der Waals surface area contributed by atoms with Gasteiger partial charge in [-0.3, -0.25) is 4.79 Å². The molecule has 0 unspecified atom stereocenters. The maximum atomic E-state index is 12.7. The van der Waals surface area contributed by atoms with Crippen LogP contribution in [-0.2, 0) is 0 Å². The summed E-state index contributed by atoms with van der Waals surface area (Å²) in [5.74, 6) is 1.38. The number of benzene rings is 2. The Morgan fingerprint density at radius 3 is 2.38 bits per heavy atom. The van der Waals surface area contributed by atoms with E-state index in [0.717, 1.165) is 44.6 Å². The summed E-state index contributed by atoms with van der Waals surface area (Å²) in [5, 5.41) is 12.0. The first-order chi connectivity index (χ1) is 18.0. The highest BCUT2D eigenvalue weighted by atomic mass is 16.5. The Morgan fingerprint density at radius 2 is 1.70 bits per heavy atom. The van der Waals surface area contributed by atoms with Crippen molar-refractivity contribution in [3.63, 3.8) is 0 Å². The normalized spacial score (nSPS) is 13.7. The number of nitrogens with one attached hydrogen (secondary N) is 1. The van der Waals surface area contributed by atoms with Crippen LogP contribution >= 0.6 is 0 Å². The molecule has 1 fully saturated rings. The second kappa shape index (κ2) is 12.8. The highest BCUT2D eigenvalue weighted by Gasteiger charge is 2.21. The molecule has 1 aliphatic rings. The zero-order valence-electron chi connectivity index (χ0n) is 21.1. The van der Waals surface area contributed by atoms with E-state index in [1.165, 1.54) is 0 Å². The van der Waals surface area contributed by atoms with Crippen LogP contribution in [0.5, 0.6) is 11.5 Å². The van der Waals surface area contributed by atoms with E-state index in [1.54, 1.807) is 42.6 Å². The van der Waals surface area contributed by atoms with E-state index in [9.17, 15) is 9.59 Å². The maximum Gasteiger partial charge on any atom is 0.335 e. The van der Waals surface area contributed by atoms with Crippen molar-refractivity contribution in [3.8, 4) is 11.5 Å². The number of nitrogens with zero attached hydrogens (tertiary/aromatic N) is 2. The van der Waals surface area contributed by atoms with Gasteiger partial charge in [-0.05, 0) is 73.7 Å². The highest BCUT2D eigenvalue weighted by molar-refractivity contribution is 6.04. The quantitative estimate of drug-likeness (QED) is 0.333. The Hall–Kier alpha value is -4.07. The van der Waals surface area contributed by atoms with Crippen molar-refractivity contribution in [2.45, 2.75) is 32.6 Å². The number of piperidine rings is 1. The van der Waals surface area contributed by atoms with Crippen LogP contribution in [0.1, 0.15) is 53.3 Å². The summed E-state index contributed by atoms with van der Waals surface area (Å²) in [4.78, 5) is 30.6.